The molecule has 0 aliphatic rings. The van der Waals surface area contributed by atoms with Crippen molar-refractivity contribution in [3.63, 3.8) is 0 Å². The number of hydrogen-bond donors (Lipinski definition) is 2. The highest BCUT2D eigenvalue weighted by Crippen LogP contribution is 2.28. The molecule has 0 saturated heterocycles. The predicted molar refractivity (Wildman–Crippen MR) is 71.5 cm³/mol. The molecule has 0 unspecified atom stereocenters. The molecule has 0 radical (unpaired) electrons. The van der Waals surface area contributed by atoms with Crippen LogP contribution in [0, 0.1) is 9.39 Å². The Morgan fingerprint density at radius 2 is 2.29 bits per heavy atom. The molecule has 4 nitrogen and oxygen atoms in total. The van der Waals surface area contributed by atoms with Gasteiger partial charge in [0.1, 0.15) is 10.8 Å². The van der Waals surface area contributed by atoms with Crippen LogP contribution in [0.2, 0.25) is 0 Å². The summed E-state index contributed by atoms with van der Waals surface area (Å²) in [6.07, 6.45) is 0. The largest absolute Gasteiger partial charge is 0.476 e. The lowest BCUT2D eigenvalue weighted by molar-refractivity contribution is 0.0692. The van der Waals surface area contributed by atoms with Crippen molar-refractivity contribution in [2.45, 2.75) is 0 Å². The Morgan fingerprint density at radius 3 is 2.94 bits per heavy atom. The summed E-state index contributed by atoms with van der Waals surface area (Å²) in [5.41, 5.74) is 2.07. The molecule has 1 heterocycles. The minimum Gasteiger partial charge on any atom is -0.476 e. The number of carboxylic acid groups (broad SMARTS) is 1. The third-order valence-electron chi connectivity index (χ3n) is 1.95. The van der Waals surface area contributed by atoms with E-state index in [1.165, 1.54) is 29.0 Å². The van der Waals surface area contributed by atoms with Crippen LogP contribution in [0.25, 0.3) is 0 Å². The van der Waals surface area contributed by atoms with Gasteiger partial charge in [-0.05, 0) is 40.8 Å². The van der Waals surface area contributed by atoms with Gasteiger partial charge in [-0.1, -0.05) is 0 Å². The Hall–Kier alpha value is -1.22. The maximum absolute atomic E-state index is 12.9. The van der Waals surface area contributed by atoms with Gasteiger partial charge in [-0.2, -0.15) is 0 Å². The molecule has 0 saturated carbocycles. The van der Waals surface area contributed by atoms with E-state index in [0.29, 0.717) is 14.3 Å². The van der Waals surface area contributed by atoms with Crippen molar-refractivity contribution in [2.24, 2.45) is 0 Å². The van der Waals surface area contributed by atoms with E-state index >= 15 is 0 Å². The van der Waals surface area contributed by atoms with E-state index in [2.05, 4.69) is 10.3 Å². The molecule has 2 aromatic rings. The number of benzene rings is 1. The molecular formula is C10H6FIN2O2S. The van der Waals surface area contributed by atoms with Gasteiger partial charge >= 0.3 is 5.97 Å². The lowest BCUT2D eigenvalue weighted by atomic mass is 10.3. The standard InChI is InChI=1S/C10H6FIN2O2S/c11-5-1-2-7(6(12)3-5)14-9-8(10(15)16)13-4-17-9/h1-4,14H,(H,15,16). The smallest absolute Gasteiger partial charge is 0.357 e. The fourth-order valence-electron chi connectivity index (χ4n) is 1.20. The molecule has 0 spiro atoms. The van der Waals surface area contributed by atoms with Gasteiger partial charge in [0, 0.05) is 3.57 Å². The van der Waals surface area contributed by atoms with Gasteiger partial charge in [-0.25, -0.2) is 14.2 Å². The van der Waals surface area contributed by atoms with Crippen LogP contribution in [0.3, 0.4) is 0 Å². The first-order chi connectivity index (χ1) is 8.08. The average molecular weight is 364 g/mol. The zero-order chi connectivity index (χ0) is 12.4. The van der Waals surface area contributed by atoms with E-state index in [0.717, 1.165) is 0 Å². The van der Waals surface area contributed by atoms with Crippen LogP contribution < -0.4 is 5.32 Å². The van der Waals surface area contributed by atoms with Gasteiger partial charge in [0.05, 0.1) is 11.2 Å². The fourth-order valence-corrected chi connectivity index (χ4v) is 2.50. The van der Waals surface area contributed by atoms with Gasteiger partial charge in [0.15, 0.2) is 5.69 Å². The van der Waals surface area contributed by atoms with Crippen LogP contribution in [0.15, 0.2) is 23.7 Å². The van der Waals surface area contributed by atoms with E-state index < -0.39 is 5.97 Å². The average Bonchev–Trinajstić information content (AvgIpc) is 2.70. The molecule has 88 valence electrons. The highest BCUT2D eigenvalue weighted by atomic mass is 127. The quantitative estimate of drug-likeness (QED) is 0.821. The van der Waals surface area contributed by atoms with E-state index in [9.17, 15) is 9.18 Å². The molecule has 0 fully saturated rings. The minimum absolute atomic E-state index is 0.0323. The SMILES string of the molecule is O=C(O)c1ncsc1Nc1ccc(F)cc1I. The molecule has 2 N–H and O–H groups in total. The van der Waals surface area contributed by atoms with Crippen LogP contribution in [0.4, 0.5) is 15.1 Å². The Kier molecular flexibility index (Phi) is 3.57. The van der Waals surface area contributed by atoms with Crippen molar-refractivity contribution in [3.8, 4) is 0 Å². The van der Waals surface area contributed by atoms with Crippen molar-refractivity contribution in [2.75, 3.05) is 5.32 Å². The lowest BCUT2D eigenvalue weighted by Gasteiger charge is -2.06. The second-order valence-corrected chi connectivity index (χ2v) is 5.10. The lowest BCUT2D eigenvalue weighted by Crippen LogP contribution is -2.01. The molecule has 0 atom stereocenters. The van der Waals surface area contributed by atoms with Crippen LogP contribution in [-0.4, -0.2) is 16.1 Å². The van der Waals surface area contributed by atoms with E-state index in [1.54, 1.807) is 6.07 Å². The molecule has 1 aromatic heterocycles. The first kappa shape index (κ1) is 12.2. The van der Waals surface area contributed by atoms with Gasteiger partial charge in [-0.15, -0.1) is 11.3 Å². The Labute approximate surface area is 114 Å². The topological polar surface area (TPSA) is 62.2 Å². The minimum atomic E-state index is -1.09. The van der Waals surface area contributed by atoms with Crippen LogP contribution in [0.5, 0.6) is 0 Å². The van der Waals surface area contributed by atoms with Crippen molar-refractivity contribution in [1.82, 2.24) is 4.98 Å². The van der Waals surface area contributed by atoms with Gasteiger partial charge in [-0.3, -0.25) is 0 Å². The highest BCUT2D eigenvalue weighted by Gasteiger charge is 2.14. The summed E-state index contributed by atoms with van der Waals surface area (Å²) in [5, 5.41) is 12.3. The number of nitrogens with zero attached hydrogens (tertiary/aromatic N) is 1. The number of aromatic nitrogens is 1. The first-order valence-corrected chi connectivity index (χ1v) is 6.42. The Bertz CT molecular complexity index is 573. The molecule has 2 rings (SSSR count). The van der Waals surface area contributed by atoms with Gasteiger partial charge in [0.25, 0.3) is 0 Å². The normalized spacial score (nSPS) is 10.2. The Balaban J connectivity index is 2.31. The Morgan fingerprint density at radius 1 is 1.53 bits per heavy atom. The number of carbonyl (C=O) groups is 1. The fraction of sp³-hybridized carbons (Fsp3) is 0. The summed E-state index contributed by atoms with van der Waals surface area (Å²) in [7, 11) is 0. The summed E-state index contributed by atoms with van der Waals surface area (Å²) < 4.78 is 13.6. The van der Waals surface area contributed by atoms with E-state index in [1.807, 2.05) is 22.6 Å². The van der Waals surface area contributed by atoms with Gasteiger partial charge in [0.2, 0.25) is 0 Å². The summed E-state index contributed by atoms with van der Waals surface area (Å²) in [4.78, 5) is 14.6. The molecule has 1 aromatic carbocycles. The molecule has 0 aliphatic carbocycles. The van der Waals surface area contributed by atoms with Crippen molar-refractivity contribution in [1.29, 1.82) is 0 Å². The van der Waals surface area contributed by atoms with Gasteiger partial charge < -0.3 is 10.4 Å². The predicted octanol–water partition coefficient (Wildman–Crippen LogP) is 3.33. The number of rotatable bonds is 3. The second-order valence-electron chi connectivity index (χ2n) is 3.08. The van der Waals surface area contributed by atoms with Crippen LogP contribution in [-0.2, 0) is 0 Å². The molecule has 0 bridgehead atoms. The number of thiazole rings is 1. The molecular weight excluding hydrogens is 358 g/mol. The monoisotopic (exact) mass is 364 g/mol. The van der Waals surface area contributed by atoms with E-state index in [-0.39, 0.29) is 11.5 Å². The first-order valence-electron chi connectivity index (χ1n) is 4.47. The number of nitrogens with one attached hydrogen (secondary N) is 1. The molecule has 17 heavy (non-hydrogen) atoms. The third-order valence-corrected chi connectivity index (χ3v) is 3.58. The maximum Gasteiger partial charge on any atom is 0.357 e. The zero-order valence-corrected chi connectivity index (χ0v) is 11.3. The van der Waals surface area contributed by atoms with Crippen LogP contribution >= 0.6 is 33.9 Å². The molecule has 7 heteroatoms. The summed E-state index contributed by atoms with van der Waals surface area (Å²) >= 11 is 3.16. The highest BCUT2D eigenvalue weighted by molar-refractivity contribution is 14.1. The number of hydrogen-bond acceptors (Lipinski definition) is 4. The second kappa shape index (κ2) is 4.96. The van der Waals surface area contributed by atoms with Crippen molar-refractivity contribution in [3.05, 3.63) is 38.8 Å². The molecule has 0 aliphatic heterocycles. The summed E-state index contributed by atoms with van der Waals surface area (Å²) in [5.74, 6) is -1.42. The maximum atomic E-state index is 12.9. The zero-order valence-electron chi connectivity index (χ0n) is 8.28. The van der Waals surface area contributed by atoms with E-state index in [4.69, 9.17) is 5.11 Å². The third kappa shape index (κ3) is 2.72. The number of aromatic carboxylic acids is 1. The number of carboxylic acids is 1. The van der Waals surface area contributed by atoms with Crippen molar-refractivity contribution < 1.29 is 14.3 Å². The van der Waals surface area contributed by atoms with Crippen LogP contribution in [0.1, 0.15) is 10.5 Å². The summed E-state index contributed by atoms with van der Waals surface area (Å²) in [6, 6.07) is 4.23. The molecule has 0 amide bonds. The number of halogens is 2. The summed E-state index contributed by atoms with van der Waals surface area (Å²) in [6.45, 7) is 0. The number of anilines is 2. The van der Waals surface area contributed by atoms with Crippen molar-refractivity contribution >= 4 is 50.6 Å².